The van der Waals surface area contributed by atoms with Crippen LogP contribution in [0, 0.1) is 0 Å². The first-order chi connectivity index (χ1) is 11.2. The van der Waals surface area contributed by atoms with Crippen LogP contribution < -0.4 is 10.6 Å². The number of ether oxygens (including phenoxy) is 1. The first kappa shape index (κ1) is 17.2. The second-order valence-electron chi connectivity index (χ2n) is 5.19. The van der Waals surface area contributed by atoms with E-state index in [2.05, 4.69) is 37.8 Å². The summed E-state index contributed by atoms with van der Waals surface area (Å²) >= 11 is 0. The number of methoxy groups -OCH3 is 1. The van der Waals surface area contributed by atoms with Crippen molar-refractivity contribution in [1.82, 2.24) is 30.1 Å². The van der Waals surface area contributed by atoms with Crippen molar-refractivity contribution in [2.45, 2.75) is 6.54 Å². The number of aliphatic imine (C=N–C) groups is 1. The summed E-state index contributed by atoms with van der Waals surface area (Å²) in [4.78, 5) is 6.42. The van der Waals surface area contributed by atoms with Crippen LogP contribution in [0.25, 0.3) is 5.65 Å². The third kappa shape index (κ3) is 5.19. The van der Waals surface area contributed by atoms with E-state index in [-0.39, 0.29) is 0 Å². The smallest absolute Gasteiger partial charge is 0.191 e. The molecule has 0 radical (unpaired) electrons. The van der Waals surface area contributed by atoms with E-state index in [0.717, 1.165) is 43.7 Å². The number of fused-ring (bicyclic) bond motifs is 1. The molecule has 2 heterocycles. The monoisotopic (exact) mass is 319 g/mol. The van der Waals surface area contributed by atoms with Gasteiger partial charge >= 0.3 is 0 Å². The van der Waals surface area contributed by atoms with Crippen molar-refractivity contribution in [3.05, 3.63) is 30.2 Å². The average Bonchev–Trinajstić information content (AvgIpc) is 2.99. The van der Waals surface area contributed by atoms with Gasteiger partial charge in [-0.05, 0) is 19.2 Å². The number of nitrogens with zero attached hydrogens (tertiary/aromatic N) is 5. The van der Waals surface area contributed by atoms with Gasteiger partial charge in [0.1, 0.15) is 0 Å². The van der Waals surface area contributed by atoms with E-state index in [9.17, 15) is 0 Å². The molecular weight excluding hydrogens is 294 g/mol. The van der Waals surface area contributed by atoms with Gasteiger partial charge in [0, 0.05) is 40.0 Å². The minimum atomic E-state index is 0.560. The molecule has 2 aromatic heterocycles. The summed E-state index contributed by atoms with van der Waals surface area (Å²) in [5, 5.41) is 14.9. The second-order valence-corrected chi connectivity index (χ2v) is 5.19. The molecule has 0 aliphatic carbocycles. The lowest BCUT2D eigenvalue weighted by atomic mass is 10.4. The summed E-state index contributed by atoms with van der Waals surface area (Å²) in [7, 11) is 5.54. The van der Waals surface area contributed by atoms with Crippen LogP contribution >= 0.6 is 0 Å². The highest BCUT2D eigenvalue weighted by Gasteiger charge is 2.05. The summed E-state index contributed by atoms with van der Waals surface area (Å²) in [6.07, 6.45) is 1.95. The first-order valence-electron chi connectivity index (χ1n) is 7.65. The number of rotatable bonds is 8. The lowest BCUT2D eigenvalue weighted by Gasteiger charge is -2.17. The van der Waals surface area contributed by atoms with Crippen molar-refractivity contribution in [3.8, 4) is 0 Å². The maximum atomic E-state index is 5.06. The first-order valence-corrected chi connectivity index (χ1v) is 7.65. The summed E-state index contributed by atoms with van der Waals surface area (Å²) in [5.41, 5.74) is 0.840. The highest BCUT2D eigenvalue weighted by molar-refractivity contribution is 5.79. The molecule has 126 valence electrons. The molecule has 0 spiro atoms. The van der Waals surface area contributed by atoms with Crippen molar-refractivity contribution >= 4 is 11.6 Å². The van der Waals surface area contributed by atoms with E-state index in [1.165, 1.54) is 0 Å². The normalized spacial score (nSPS) is 12.1. The number of guanidine groups is 1. The van der Waals surface area contributed by atoms with Crippen LogP contribution in [-0.2, 0) is 11.3 Å². The highest BCUT2D eigenvalue weighted by atomic mass is 16.5. The van der Waals surface area contributed by atoms with E-state index in [1.54, 1.807) is 14.2 Å². The van der Waals surface area contributed by atoms with Crippen LogP contribution in [0.4, 0.5) is 0 Å². The molecule has 2 rings (SSSR count). The molecule has 0 fully saturated rings. The number of hydrogen-bond donors (Lipinski definition) is 2. The number of likely N-dealkylation sites (N-methyl/N-ethyl adjacent to an activating group) is 1. The summed E-state index contributed by atoms with van der Waals surface area (Å²) in [6.45, 7) is 3.93. The molecule has 0 aliphatic heterocycles. The minimum Gasteiger partial charge on any atom is -0.383 e. The van der Waals surface area contributed by atoms with Crippen LogP contribution in [0.2, 0.25) is 0 Å². The Morgan fingerprint density at radius 3 is 2.96 bits per heavy atom. The fraction of sp³-hybridized carbons (Fsp3) is 0.533. The summed E-state index contributed by atoms with van der Waals surface area (Å²) in [6, 6.07) is 5.84. The Hall–Kier alpha value is -2.19. The van der Waals surface area contributed by atoms with Gasteiger partial charge < -0.3 is 20.3 Å². The van der Waals surface area contributed by atoms with Gasteiger partial charge in [0.05, 0.1) is 13.2 Å². The third-order valence-corrected chi connectivity index (χ3v) is 3.48. The fourth-order valence-corrected chi connectivity index (χ4v) is 2.12. The van der Waals surface area contributed by atoms with Crippen molar-refractivity contribution in [1.29, 1.82) is 0 Å². The van der Waals surface area contributed by atoms with Crippen molar-refractivity contribution in [3.63, 3.8) is 0 Å². The Bertz CT molecular complexity index is 625. The van der Waals surface area contributed by atoms with Crippen LogP contribution in [0.1, 0.15) is 5.82 Å². The van der Waals surface area contributed by atoms with Crippen LogP contribution in [0.5, 0.6) is 0 Å². The van der Waals surface area contributed by atoms with Gasteiger partial charge in [0.15, 0.2) is 17.4 Å². The molecule has 0 saturated carbocycles. The number of nitrogens with one attached hydrogen (secondary N) is 2. The van der Waals surface area contributed by atoms with E-state index in [1.807, 2.05) is 28.8 Å². The molecule has 0 aliphatic rings. The van der Waals surface area contributed by atoms with Crippen LogP contribution in [0.3, 0.4) is 0 Å². The Morgan fingerprint density at radius 2 is 2.17 bits per heavy atom. The lowest BCUT2D eigenvalue weighted by Crippen LogP contribution is -2.41. The van der Waals surface area contributed by atoms with E-state index in [0.29, 0.717) is 6.54 Å². The van der Waals surface area contributed by atoms with Gasteiger partial charge in [0.2, 0.25) is 0 Å². The molecule has 0 saturated heterocycles. The molecule has 0 bridgehead atoms. The Kier molecular flexibility index (Phi) is 6.76. The lowest BCUT2D eigenvalue weighted by molar-refractivity contribution is 0.162. The highest BCUT2D eigenvalue weighted by Crippen LogP contribution is 2.01. The molecular formula is C15H25N7O. The zero-order chi connectivity index (χ0) is 16.5. The fourth-order valence-electron chi connectivity index (χ4n) is 2.12. The van der Waals surface area contributed by atoms with Gasteiger partial charge in [-0.2, -0.15) is 0 Å². The molecule has 2 N–H and O–H groups in total. The van der Waals surface area contributed by atoms with Gasteiger partial charge in [-0.15, -0.1) is 10.2 Å². The Balaban J connectivity index is 1.77. The predicted molar refractivity (Wildman–Crippen MR) is 90.6 cm³/mol. The van der Waals surface area contributed by atoms with E-state index < -0.39 is 0 Å². The zero-order valence-corrected chi connectivity index (χ0v) is 14.0. The summed E-state index contributed by atoms with van der Waals surface area (Å²) in [5.74, 6) is 1.60. The number of aromatic nitrogens is 3. The zero-order valence-electron chi connectivity index (χ0n) is 14.0. The van der Waals surface area contributed by atoms with Crippen LogP contribution in [-0.4, -0.2) is 72.9 Å². The topological polar surface area (TPSA) is 79.1 Å². The largest absolute Gasteiger partial charge is 0.383 e. The molecule has 8 nitrogen and oxygen atoms in total. The maximum absolute atomic E-state index is 5.06. The predicted octanol–water partition coefficient (Wildman–Crippen LogP) is -0.0275. The second kappa shape index (κ2) is 9.06. The minimum absolute atomic E-state index is 0.560. The van der Waals surface area contributed by atoms with E-state index >= 15 is 0 Å². The molecule has 0 amide bonds. The van der Waals surface area contributed by atoms with Gasteiger partial charge in [-0.3, -0.25) is 9.39 Å². The quantitative estimate of drug-likeness (QED) is 0.526. The molecule has 23 heavy (non-hydrogen) atoms. The van der Waals surface area contributed by atoms with Crippen molar-refractivity contribution in [2.75, 3.05) is 47.4 Å². The standard InChI is InChI=1S/C15H25N7O/c1-16-15(17-7-9-21(2)10-11-23-3)18-12-14-20-19-13-6-4-5-8-22(13)14/h4-6,8H,7,9-12H2,1-3H3,(H2,16,17,18). The number of hydrogen-bond acceptors (Lipinski definition) is 5. The molecule has 0 atom stereocenters. The molecule has 0 aromatic carbocycles. The van der Waals surface area contributed by atoms with E-state index in [4.69, 9.17) is 4.74 Å². The van der Waals surface area contributed by atoms with Crippen LogP contribution in [0.15, 0.2) is 29.4 Å². The maximum Gasteiger partial charge on any atom is 0.191 e. The molecule has 0 unspecified atom stereocenters. The van der Waals surface area contributed by atoms with Crippen molar-refractivity contribution in [2.24, 2.45) is 4.99 Å². The SMILES string of the molecule is CN=C(NCCN(C)CCOC)NCc1nnc2ccccn12. The van der Waals surface area contributed by atoms with Gasteiger partial charge in [-0.1, -0.05) is 6.07 Å². The Labute approximate surface area is 136 Å². The molecule has 8 heteroatoms. The average molecular weight is 319 g/mol. The van der Waals surface area contributed by atoms with Gasteiger partial charge in [-0.25, -0.2) is 0 Å². The third-order valence-electron chi connectivity index (χ3n) is 3.48. The molecule has 2 aromatic rings. The summed E-state index contributed by atoms with van der Waals surface area (Å²) < 4.78 is 7.02. The Morgan fingerprint density at radius 1 is 1.30 bits per heavy atom. The number of pyridine rings is 1. The van der Waals surface area contributed by atoms with Gasteiger partial charge in [0.25, 0.3) is 0 Å². The van der Waals surface area contributed by atoms with Crippen molar-refractivity contribution < 1.29 is 4.74 Å².